The van der Waals surface area contributed by atoms with E-state index in [1.165, 1.54) is 0 Å². The van der Waals surface area contributed by atoms with Gasteiger partial charge in [-0.2, -0.15) is 0 Å². The Bertz CT molecular complexity index is 141. The first-order chi connectivity index (χ1) is 4.68. The highest BCUT2D eigenvalue weighted by molar-refractivity contribution is 5.79. The standard InChI is InChI=1S/C6H14N4/c1-10(2)4-5-3-8-6(7)9-5/h5H,3-4H2,1-2H3,(H3,7,8,9)/t5-/m1/s1. The molecule has 0 aromatic rings. The van der Waals surface area contributed by atoms with Crippen molar-refractivity contribution >= 4 is 5.96 Å². The van der Waals surface area contributed by atoms with E-state index in [1.54, 1.807) is 0 Å². The van der Waals surface area contributed by atoms with E-state index < -0.39 is 0 Å². The van der Waals surface area contributed by atoms with Crippen LogP contribution >= 0.6 is 0 Å². The van der Waals surface area contributed by atoms with E-state index in [4.69, 9.17) is 5.73 Å². The molecule has 1 aliphatic rings. The van der Waals surface area contributed by atoms with Gasteiger partial charge >= 0.3 is 0 Å². The van der Waals surface area contributed by atoms with Crippen molar-refractivity contribution in [2.75, 3.05) is 27.2 Å². The molecule has 0 spiro atoms. The van der Waals surface area contributed by atoms with Crippen LogP contribution in [-0.2, 0) is 0 Å². The van der Waals surface area contributed by atoms with Gasteiger partial charge in [-0.1, -0.05) is 0 Å². The van der Waals surface area contributed by atoms with Gasteiger partial charge < -0.3 is 16.0 Å². The van der Waals surface area contributed by atoms with Crippen LogP contribution in [0, 0.1) is 0 Å². The second-order valence-corrected chi connectivity index (χ2v) is 2.83. The zero-order chi connectivity index (χ0) is 7.56. The maximum atomic E-state index is 5.42. The fourth-order valence-corrected chi connectivity index (χ4v) is 1.05. The molecule has 0 aromatic heterocycles. The predicted octanol–water partition coefficient (Wildman–Crippen LogP) is -1.17. The van der Waals surface area contributed by atoms with Gasteiger partial charge in [0.15, 0.2) is 5.96 Å². The number of aliphatic imine (C=N–C) groups is 1. The molecule has 4 nitrogen and oxygen atoms in total. The Labute approximate surface area is 61.1 Å². The molecule has 0 saturated heterocycles. The van der Waals surface area contributed by atoms with Crippen molar-refractivity contribution in [3.63, 3.8) is 0 Å². The molecule has 10 heavy (non-hydrogen) atoms. The lowest BCUT2D eigenvalue weighted by molar-refractivity contribution is 0.368. The number of guanidine groups is 1. The van der Waals surface area contributed by atoms with Crippen molar-refractivity contribution in [3.05, 3.63) is 0 Å². The van der Waals surface area contributed by atoms with Gasteiger partial charge in [-0.05, 0) is 14.1 Å². The maximum Gasteiger partial charge on any atom is 0.188 e. The summed E-state index contributed by atoms with van der Waals surface area (Å²) < 4.78 is 0. The molecule has 1 aliphatic heterocycles. The Morgan fingerprint density at radius 1 is 1.80 bits per heavy atom. The highest BCUT2D eigenvalue weighted by atomic mass is 15.2. The first-order valence-electron chi connectivity index (χ1n) is 3.39. The van der Waals surface area contributed by atoms with Gasteiger partial charge in [0.1, 0.15) is 0 Å². The first-order valence-corrected chi connectivity index (χ1v) is 3.39. The Hall–Kier alpha value is -0.770. The topological polar surface area (TPSA) is 53.6 Å². The summed E-state index contributed by atoms with van der Waals surface area (Å²) in [7, 11) is 4.08. The van der Waals surface area contributed by atoms with Gasteiger partial charge in [-0.15, -0.1) is 0 Å². The average Bonchev–Trinajstić information content (AvgIpc) is 2.13. The Kier molecular flexibility index (Phi) is 2.11. The van der Waals surface area contributed by atoms with Gasteiger partial charge in [0.25, 0.3) is 0 Å². The lowest BCUT2D eigenvalue weighted by atomic mass is 10.3. The number of nitrogens with zero attached hydrogens (tertiary/aromatic N) is 2. The highest BCUT2D eigenvalue weighted by Gasteiger charge is 2.14. The van der Waals surface area contributed by atoms with Crippen molar-refractivity contribution in [2.45, 2.75) is 6.04 Å². The van der Waals surface area contributed by atoms with E-state index in [0.29, 0.717) is 12.0 Å². The summed E-state index contributed by atoms with van der Waals surface area (Å²) in [5.74, 6) is 0.576. The van der Waals surface area contributed by atoms with Crippen molar-refractivity contribution in [1.29, 1.82) is 0 Å². The maximum absolute atomic E-state index is 5.42. The highest BCUT2D eigenvalue weighted by Crippen LogP contribution is 1.93. The summed E-state index contributed by atoms with van der Waals surface area (Å²) in [4.78, 5) is 6.14. The second-order valence-electron chi connectivity index (χ2n) is 2.83. The molecule has 0 amide bonds. The van der Waals surface area contributed by atoms with E-state index in [9.17, 15) is 0 Å². The number of nitrogens with one attached hydrogen (secondary N) is 1. The van der Waals surface area contributed by atoms with Gasteiger partial charge in [0.2, 0.25) is 0 Å². The molecule has 0 unspecified atom stereocenters. The van der Waals surface area contributed by atoms with Crippen molar-refractivity contribution in [1.82, 2.24) is 10.2 Å². The molecular weight excluding hydrogens is 128 g/mol. The largest absolute Gasteiger partial charge is 0.370 e. The van der Waals surface area contributed by atoms with Crippen LogP contribution in [0.3, 0.4) is 0 Å². The number of nitrogens with two attached hydrogens (primary N) is 1. The van der Waals surface area contributed by atoms with Gasteiger partial charge in [0, 0.05) is 6.54 Å². The molecule has 0 fully saturated rings. The summed E-state index contributed by atoms with van der Waals surface area (Å²) >= 11 is 0. The Morgan fingerprint density at radius 2 is 2.50 bits per heavy atom. The summed E-state index contributed by atoms with van der Waals surface area (Å²) in [5.41, 5.74) is 5.42. The summed E-state index contributed by atoms with van der Waals surface area (Å²) in [5, 5.41) is 3.07. The third-order valence-corrected chi connectivity index (χ3v) is 1.42. The summed E-state index contributed by atoms with van der Waals surface area (Å²) in [6.45, 7) is 1.80. The zero-order valence-corrected chi connectivity index (χ0v) is 6.46. The second kappa shape index (κ2) is 2.88. The van der Waals surface area contributed by atoms with E-state index in [2.05, 4.69) is 15.2 Å². The minimum Gasteiger partial charge on any atom is -0.370 e. The normalized spacial score (nSPS) is 24.7. The van der Waals surface area contributed by atoms with E-state index in [0.717, 1.165) is 13.1 Å². The smallest absolute Gasteiger partial charge is 0.188 e. The van der Waals surface area contributed by atoms with Crippen LogP contribution in [0.4, 0.5) is 0 Å². The molecule has 58 valence electrons. The molecule has 4 heteroatoms. The van der Waals surface area contributed by atoms with Crippen molar-refractivity contribution in [2.24, 2.45) is 10.7 Å². The molecular formula is C6H14N4. The van der Waals surface area contributed by atoms with Crippen LogP contribution in [0.25, 0.3) is 0 Å². The lowest BCUT2D eigenvalue weighted by Crippen LogP contribution is -2.41. The van der Waals surface area contributed by atoms with Crippen LogP contribution < -0.4 is 11.1 Å². The fraction of sp³-hybridized carbons (Fsp3) is 0.833. The third kappa shape index (κ3) is 1.88. The minimum atomic E-state index is 0.412. The Balaban J connectivity index is 2.23. The van der Waals surface area contributed by atoms with E-state index >= 15 is 0 Å². The van der Waals surface area contributed by atoms with Gasteiger partial charge in [-0.25, -0.2) is 0 Å². The molecule has 3 N–H and O–H groups in total. The van der Waals surface area contributed by atoms with Crippen molar-refractivity contribution in [3.8, 4) is 0 Å². The zero-order valence-electron chi connectivity index (χ0n) is 6.46. The SMILES string of the molecule is CN(C)C[C@H]1CN=C(N)N1. The van der Waals surface area contributed by atoms with Gasteiger partial charge in [-0.3, -0.25) is 4.99 Å². The molecule has 0 bridgehead atoms. The number of likely N-dealkylation sites (N-methyl/N-ethyl adjacent to an activating group) is 1. The predicted molar refractivity (Wildman–Crippen MR) is 42.0 cm³/mol. The van der Waals surface area contributed by atoms with Gasteiger partial charge in [0.05, 0.1) is 12.6 Å². The van der Waals surface area contributed by atoms with Crippen molar-refractivity contribution < 1.29 is 0 Å². The van der Waals surface area contributed by atoms with Crippen LogP contribution in [0.15, 0.2) is 4.99 Å². The van der Waals surface area contributed by atoms with Crippen LogP contribution in [0.2, 0.25) is 0 Å². The Morgan fingerprint density at radius 3 is 2.90 bits per heavy atom. The van der Waals surface area contributed by atoms with Crippen LogP contribution in [0.1, 0.15) is 0 Å². The van der Waals surface area contributed by atoms with E-state index in [1.807, 2.05) is 14.1 Å². The molecule has 0 aromatic carbocycles. The summed E-state index contributed by atoms with van der Waals surface area (Å²) in [6.07, 6.45) is 0. The molecule has 0 aliphatic carbocycles. The van der Waals surface area contributed by atoms with Crippen LogP contribution in [-0.4, -0.2) is 44.1 Å². The monoisotopic (exact) mass is 142 g/mol. The number of hydrogen-bond acceptors (Lipinski definition) is 4. The lowest BCUT2D eigenvalue weighted by Gasteiger charge is -2.15. The number of hydrogen-bond donors (Lipinski definition) is 2. The summed E-state index contributed by atoms with van der Waals surface area (Å²) in [6, 6.07) is 0.412. The molecule has 1 heterocycles. The average molecular weight is 142 g/mol. The molecule has 0 saturated carbocycles. The minimum absolute atomic E-state index is 0.412. The first kappa shape index (κ1) is 7.34. The molecule has 0 radical (unpaired) electrons. The fourth-order valence-electron chi connectivity index (χ4n) is 1.05. The van der Waals surface area contributed by atoms with E-state index in [-0.39, 0.29) is 0 Å². The van der Waals surface area contributed by atoms with Crippen LogP contribution in [0.5, 0.6) is 0 Å². The molecule has 1 atom stereocenters. The quantitative estimate of drug-likeness (QED) is 0.511. The number of rotatable bonds is 2. The molecule has 1 rings (SSSR count). The third-order valence-electron chi connectivity index (χ3n) is 1.42.